The van der Waals surface area contributed by atoms with Gasteiger partial charge < -0.3 is 10.8 Å². The van der Waals surface area contributed by atoms with Gasteiger partial charge >= 0.3 is 0 Å². The number of nitrogens with two attached hydrogens (primary N) is 1. The summed E-state index contributed by atoms with van der Waals surface area (Å²) in [6.07, 6.45) is 5.96. The van der Waals surface area contributed by atoms with Crippen LogP contribution in [0, 0.1) is 5.92 Å². The maximum absolute atomic E-state index is 9.04. The van der Waals surface area contributed by atoms with E-state index >= 15 is 0 Å². The molecule has 1 saturated carbocycles. The molecule has 0 aromatic rings. The van der Waals surface area contributed by atoms with Crippen molar-refractivity contribution in [2.75, 3.05) is 19.7 Å². The molecule has 1 unspecified atom stereocenters. The Hall–Kier alpha value is -0.120. The Kier molecular flexibility index (Phi) is 3.42. The molecule has 3 nitrogen and oxygen atoms in total. The summed E-state index contributed by atoms with van der Waals surface area (Å²) in [6, 6.07) is 1.06. The van der Waals surface area contributed by atoms with Gasteiger partial charge in [0.05, 0.1) is 0 Å². The standard InChI is InChI=1S/C11H22N2O/c12-10-3-6-13(7-4-10)11(5-8-14)9-1-2-9/h9-11,14H,1-8,12H2. The quantitative estimate of drug-likeness (QED) is 0.694. The summed E-state index contributed by atoms with van der Waals surface area (Å²) in [7, 11) is 0. The van der Waals surface area contributed by atoms with Crippen molar-refractivity contribution < 1.29 is 5.11 Å². The van der Waals surface area contributed by atoms with Gasteiger partial charge in [-0.25, -0.2) is 0 Å². The molecular formula is C11H22N2O. The molecule has 14 heavy (non-hydrogen) atoms. The van der Waals surface area contributed by atoms with Gasteiger partial charge in [0.1, 0.15) is 0 Å². The fraction of sp³-hybridized carbons (Fsp3) is 1.00. The van der Waals surface area contributed by atoms with E-state index in [1.165, 1.54) is 12.8 Å². The van der Waals surface area contributed by atoms with Crippen molar-refractivity contribution in [2.45, 2.75) is 44.2 Å². The van der Waals surface area contributed by atoms with E-state index in [1.54, 1.807) is 0 Å². The number of likely N-dealkylation sites (tertiary alicyclic amines) is 1. The van der Waals surface area contributed by atoms with Crippen molar-refractivity contribution in [1.82, 2.24) is 4.90 Å². The molecule has 2 aliphatic rings. The van der Waals surface area contributed by atoms with E-state index in [-0.39, 0.29) is 0 Å². The molecule has 1 saturated heterocycles. The fourth-order valence-corrected chi connectivity index (χ4v) is 2.58. The van der Waals surface area contributed by atoms with E-state index in [2.05, 4.69) is 4.90 Å². The molecule has 2 fully saturated rings. The van der Waals surface area contributed by atoms with Gasteiger partial charge in [-0.15, -0.1) is 0 Å². The van der Waals surface area contributed by atoms with E-state index in [0.717, 1.165) is 38.3 Å². The van der Waals surface area contributed by atoms with Crippen molar-refractivity contribution >= 4 is 0 Å². The monoisotopic (exact) mass is 198 g/mol. The SMILES string of the molecule is NC1CCN(C(CCO)C2CC2)CC1. The first-order valence-corrected chi connectivity index (χ1v) is 5.91. The largest absolute Gasteiger partial charge is 0.396 e. The highest BCUT2D eigenvalue weighted by Crippen LogP contribution is 2.37. The maximum Gasteiger partial charge on any atom is 0.0446 e. The van der Waals surface area contributed by atoms with Crippen LogP contribution < -0.4 is 5.73 Å². The predicted molar refractivity (Wildman–Crippen MR) is 57.0 cm³/mol. The van der Waals surface area contributed by atoms with Crippen LogP contribution in [0.15, 0.2) is 0 Å². The van der Waals surface area contributed by atoms with Crippen LogP contribution in [0.5, 0.6) is 0 Å². The molecule has 0 bridgehead atoms. The molecule has 3 N–H and O–H groups in total. The Morgan fingerprint density at radius 2 is 1.86 bits per heavy atom. The van der Waals surface area contributed by atoms with E-state index in [9.17, 15) is 0 Å². The first-order chi connectivity index (χ1) is 6.81. The Balaban J connectivity index is 1.84. The normalized spacial score (nSPS) is 27.9. The summed E-state index contributed by atoms with van der Waals surface area (Å²) in [5, 5.41) is 9.04. The van der Waals surface area contributed by atoms with Crippen LogP contribution in [0.2, 0.25) is 0 Å². The number of nitrogens with zero attached hydrogens (tertiary/aromatic N) is 1. The van der Waals surface area contributed by atoms with E-state index in [1.807, 2.05) is 0 Å². The van der Waals surface area contributed by atoms with Crippen molar-refractivity contribution in [1.29, 1.82) is 0 Å². The van der Waals surface area contributed by atoms with Crippen LogP contribution in [0.4, 0.5) is 0 Å². The zero-order chi connectivity index (χ0) is 9.97. The van der Waals surface area contributed by atoms with Crippen molar-refractivity contribution in [3.8, 4) is 0 Å². The lowest BCUT2D eigenvalue weighted by atomic mass is 10.0. The Bertz CT molecular complexity index is 174. The lowest BCUT2D eigenvalue weighted by Gasteiger charge is -2.36. The minimum Gasteiger partial charge on any atom is -0.396 e. The molecule has 1 atom stereocenters. The highest BCUT2D eigenvalue weighted by molar-refractivity contribution is 4.90. The van der Waals surface area contributed by atoms with Crippen LogP contribution in [-0.2, 0) is 0 Å². The highest BCUT2D eigenvalue weighted by Gasteiger charge is 2.35. The summed E-state index contributed by atoms with van der Waals surface area (Å²) in [6.45, 7) is 2.62. The average molecular weight is 198 g/mol. The number of aliphatic hydroxyl groups excluding tert-OH is 1. The van der Waals surface area contributed by atoms with Gasteiger partial charge in [0.25, 0.3) is 0 Å². The van der Waals surface area contributed by atoms with Crippen molar-refractivity contribution in [2.24, 2.45) is 11.7 Å². The first-order valence-electron chi connectivity index (χ1n) is 5.91. The molecule has 82 valence electrons. The van der Waals surface area contributed by atoms with Crippen LogP contribution in [0.3, 0.4) is 0 Å². The lowest BCUT2D eigenvalue weighted by Crippen LogP contribution is -2.46. The smallest absolute Gasteiger partial charge is 0.0446 e. The second-order valence-electron chi connectivity index (χ2n) is 4.79. The summed E-state index contributed by atoms with van der Waals surface area (Å²) in [5.41, 5.74) is 5.89. The van der Waals surface area contributed by atoms with Gasteiger partial charge in [-0.2, -0.15) is 0 Å². The topological polar surface area (TPSA) is 49.5 Å². The van der Waals surface area contributed by atoms with E-state index in [0.29, 0.717) is 18.7 Å². The molecule has 1 aliphatic heterocycles. The van der Waals surface area contributed by atoms with Crippen LogP contribution in [0.1, 0.15) is 32.1 Å². The second kappa shape index (κ2) is 4.60. The molecular weight excluding hydrogens is 176 g/mol. The van der Waals surface area contributed by atoms with Crippen molar-refractivity contribution in [3.63, 3.8) is 0 Å². The third kappa shape index (κ3) is 2.47. The molecule has 3 heteroatoms. The highest BCUT2D eigenvalue weighted by atomic mass is 16.3. The van der Waals surface area contributed by atoms with Gasteiger partial charge in [-0.05, 0) is 51.1 Å². The van der Waals surface area contributed by atoms with Gasteiger partial charge in [0, 0.05) is 18.7 Å². The molecule has 0 spiro atoms. The Labute approximate surface area is 86.3 Å². The van der Waals surface area contributed by atoms with E-state index < -0.39 is 0 Å². The predicted octanol–water partition coefficient (Wildman–Crippen LogP) is 0.570. The number of aliphatic hydroxyl groups is 1. The maximum atomic E-state index is 9.04. The zero-order valence-electron chi connectivity index (χ0n) is 8.86. The third-order valence-electron chi connectivity index (χ3n) is 3.63. The fourth-order valence-electron chi connectivity index (χ4n) is 2.58. The Morgan fingerprint density at radius 1 is 1.21 bits per heavy atom. The third-order valence-corrected chi connectivity index (χ3v) is 3.63. The Morgan fingerprint density at radius 3 is 2.36 bits per heavy atom. The number of piperidine rings is 1. The molecule has 0 amide bonds. The lowest BCUT2D eigenvalue weighted by molar-refractivity contribution is 0.112. The summed E-state index contributed by atoms with van der Waals surface area (Å²) in [4.78, 5) is 2.55. The molecule has 1 heterocycles. The summed E-state index contributed by atoms with van der Waals surface area (Å²) in [5.74, 6) is 0.872. The zero-order valence-corrected chi connectivity index (χ0v) is 8.86. The van der Waals surface area contributed by atoms with Crippen molar-refractivity contribution in [3.05, 3.63) is 0 Å². The van der Waals surface area contributed by atoms with Crippen LogP contribution in [0.25, 0.3) is 0 Å². The van der Waals surface area contributed by atoms with Gasteiger partial charge in [0.2, 0.25) is 0 Å². The van der Waals surface area contributed by atoms with Crippen LogP contribution in [-0.4, -0.2) is 41.8 Å². The second-order valence-corrected chi connectivity index (χ2v) is 4.79. The molecule has 0 aromatic carbocycles. The minimum absolute atomic E-state index is 0.337. The molecule has 0 radical (unpaired) electrons. The van der Waals surface area contributed by atoms with E-state index in [4.69, 9.17) is 10.8 Å². The number of hydrogen-bond acceptors (Lipinski definition) is 3. The summed E-state index contributed by atoms with van der Waals surface area (Å²) >= 11 is 0. The van der Waals surface area contributed by atoms with Gasteiger partial charge in [-0.3, -0.25) is 4.90 Å². The number of hydrogen-bond donors (Lipinski definition) is 2. The minimum atomic E-state index is 0.337. The molecule has 0 aromatic heterocycles. The molecule has 1 aliphatic carbocycles. The van der Waals surface area contributed by atoms with Crippen LogP contribution >= 0.6 is 0 Å². The molecule has 2 rings (SSSR count). The average Bonchev–Trinajstić information content (AvgIpc) is 2.99. The van der Waals surface area contributed by atoms with Gasteiger partial charge in [0.15, 0.2) is 0 Å². The number of rotatable bonds is 4. The first kappa shape index (κ1) is 10.4. The van der Waals surface area contributed by atoms with Gasteiger partial charge in [-0.1, -0.05) is 0 Å². The summed E-state index contributed by atoms with van der Waals surface area (Å²) < 4.78 is 0.